The largest absolute Gasteiger partial charge is 0.392 e. The Hall–Kier alpha value is -1.04. The van der Waals surface area contributed by atoms with Gasteiger partial charge in [0, 0.05) is 41.8 Å². The minimum atomic E-state index is -0.0979. The van der Waals surface area contributed by atoms with Crippen molar-refractivity contribution < 1.29 is 5.11 Å². The second kappa shape index (κ2) is 6.93. The number of unbranched alkanes of at least 4 members (excludes halogenated alkanes) is 1. The van der Waals surface area contributed by atoms with Gasteiger partial charge in [0.2, 0.25) is 0 Å². The molecule has 0 spiro atoms. The fourth-order valence-corrected chi connectivity index (χ4v) is 2.95. The van der Waals surface area contributed by atoms with Gasteiger partial charge in [-0.2, -0.15) is 0 Å². The first-order valence-electron chi connectivity index (χ1n) is 6.18. The van der Waals surface area contributed by atoms with Crippen LogP contribution >= 0.6 is 23.4 Å². The van der Waals surface area contributed by atoms with Gasteiger partial charge in [0.25, 0.3) is 0 Å². The second-order valence-corrected chi connectivity index (χ2v) is 5.53. The highest BCUT2D eigenvalue weighted by Crippen LogP contribution is 2.32. The van der Waals surface area contributed by atoms with E-state index < -0.39 is 0 Å². The molecule has 0 unspecified atom stereocenters. The van der Waals surface area contributed by atoms with Crippen molar-refractivity contribution >= 4 is 23.4 Å². The van der Waals surface area contributed by atoms with Crippen molar-refractivity contribution in [1.29, 1.82) is 0 Å². The molecule has 2 heterocycles. The van der Waals surface area contributed by atoms with E-state index in [4.69, 9.17) is 11.6 Å². The highest BCUT2D eigenvalue weighted by atomic mass is 35.5. The maximum Gasteiger partial charge on any atom is 0.172 e. The molecule has 2 aromatic heterocycles. The molecular weight excluding hydrogens is 282 g/mol. The maximum absolute atomic E-state index is 9.39. The van der Waals surface area contributed by atoms with Crippen LogP contribution in [0.5, 0.6) is 0 Å². The van der Waals surface area contributed by atoms with E-state index in [-0.39, 0.29) is 6.61 Å². The van der Waals surface area contributed by atoms with E-state index in [2.05, 4.69) is 21.5 Å². The molecule has 4 nitrogen and oxygen atoms in total. The highest BCUT2D eigenvalue weighted by molar-refractivity contribution is 7.99. The van der Waals surface area contributed by atoms with Gasteiger partial charge in [-0.05, 0) is 18.2 Å². The van der Waals surface area contributed by atoms with Crippen LogP contribution < -0.4 is 0 Å². The van der Waals surface area contributed by atoms with Crippen LogP contribution in [0.4, 0.5) is 0 Å². The second-order valence-electron chi connectivity index (χ2n) is 4.11. The van der Waals surface area contributed by atoms with Crippen LogP contribution in [0.15, 0.2) is 34.8 Å². The quantitative estimate of drug-likeness (QED) is 0.888. The number of aromatic nitrogens is 3. The Morgan fingerprint density at radius 2 is 2.26 bits per heavy atom. The molecule has 1 N–H and O–H groups in total. The van der Waals surface area contributed by atoms with Crippen LogP contribution in [0.3, 0.4) is 0 Å². The summed E-state index contributed by atoms with van der Waals surface area (Å²) in [5.74, 6) is 0. The third kappa shape index (κ3) is 3.49. The van der Waals surface area contributed by atoms with E-state index >= 15 is 0 Å². The minimum absolute atomic E-state index is 0.0979. The molecule has 0 aliphatic rings. The lowest BCUT2D eigenvalue weighted by molar-refractivity contribution is 0.279. The Bertz CT molecular complexity index is 544. The average molecular weight is 298 g/mol. The SMILES string of the molecule is CCCCn1ccnc1Sc1cncc(Cl)c1CO. The fraction of sp³-hybridized carbons (Fsp3) is 0.385. The Morgan fingerprint density at radius 1 is 1.42 bits per heavy atom. The van der Waals surface area contributed by atoms with E-state index in [1.807, 2.05) is 6.20 Å². The number of aliphatic hydroxyl groups excluding tert-OH is 1. The molecule has 0 amide bonds. The average Bonchev–Trinajstić information content (AvgIpc) is 2.84. The number of halogens is 1. The van der Waals surface area contributed by atoms with E-state index in [1.54, 1.807) is 18.6 Å². The maximum atomic E-state index is 9.39. The van der Waals surface area contributed by atoms with Gasteiger partial charge in [0.1, 0.15) is 0 Å². The minimum Gasteiger partial charge on any atom is -0.392 e. The number of hydrogen-bond acceptors (Lipinski definition) is 4. The Kier molecular flexibility index (Phi) is 5.24. The van der Waals surface area contributed by atoms with Crippen LogP contribution in [0, 0.1) is 0 Å². The Morgan fingerprint density at radius 3 is 3.00 bits per heavy atom. The fourth-order valence-electron chi connectivity index (χ4n) is 1.68. The van der Waals surface area contributed by atoms with Crippen molar-refractivity contribution in [3.05, 3.63) is 35.4 Å². The molecule has 0 saturated heterocycles. The van der Waals surface area contributed by atoms with Gasteiger partial charge in [-0.1, -0.05) is 24.9 Å². The number of pyridine rings is 1. The summed E-state index contributed by atoms with van der Waals surface area (Å²) in [6, 6.07) is 0. The molecule has 0 aromatic carbocycles. The first kappa shape index (κ1) is 14.4. The summed E-state index contributed by atoms with van der Waals surface area (Å²) in [4.78, 5) is 9.25. The number of imidazole rings is 1. The topological polar surface area (TPSA) is 50.9 Å². The van der Waals surface area contributed by atoms with Crippen LogP contribution in [0.25, 0.3) is 0 Å². The van der Waals surface area contributed by atoms with Gasteiger partial charge in [-0.25, -0.2) is 4.98 Å². The monoisotopic (exact) mass is 297 g/mol. The highest BCUT2D eigenvalue weighted by Gasteiger charge is 2.11. The van der Waals surface area contributed by atoms with Gasteiger partial charge >= 0.3 is 0 Å². The van der Waals surface area contributed by atoms with E-state index in [1.165, 1.54) is 11.8 Å². The lowest BCUT2D eigenvalue weighted by Gasteiger charge is -2.09. The molecule has 0 saturated carbocycles. The zero-order valence-corrected chi connectivity index (χ0v) is 12.3. The van der Waals surface area contributed by atoms with Crippen molar-refractivity contribution in [2.24, 2.45) is 0 Å². The zero-order valence-electron chi connectivity index (χ0n) is 10.7. The Labute approximate surface area is 121 Å². The summed E-state index contributed by atoms with van der Waals surface area (Å²) < 4.78 is 2.11. The van der Waals surface area contributed by atoms with Gasteiger partial charge in [-0.3, -0.25) is 4.98 Å². The smallest absolute Gasteiger partial charge is 0.172 e. The van der Waals surface area contributed by atoms with Crippen molar-refractivity contribution in [2.45, 2.75) is 43.0 Å². The molecule has 2 rings (SSSR count). The third-order valence-corrected chi connectivity index (χ3v) is 4.17. The lowest BCUT2D eigenvalue weighted by Crippen LogP contribution is -1.99. The number of aryl methyl sites for hydroxylation is 1. The Balaban J connectivity index is 2.22. The molecule has 19 heavy (non-hydrogen) atoms. The van der Waals surface area contributed by atoms with Gasteiger partial charge in [0.15, 0.2) is 5.16 Å². The summed E-state index contributed by atoms with van der Waals surface area (Å²) in [6.07, 6.45) is 9.26. The number of nitrogens with zero attached hydrogens (tertiary/aromatic N) is 3. The van der Waals surface area contributed by atoms with Gasteiger partial charge < -0.3 is 9.67 Å². The normalized spacial score (nSPS) is 10.9. The first-order valence-corrected chi connectivity index (χ1v) is 7.38. The summed E-state index contributed by atoms with van der Waals surface area (Å²) in [7, 11) is 0. The van der Waals surface area contributed by atoms with E-state index in [9.17, 15) is 5.11 Å². The summed E-state index contributed by atoms with van der Waals surface area (Å²) >= 11 is 7.51. The number of aliphatic hydroxyl groups is 1. The molecule has 0 aliphatic heterocycles. The van der Waals surface area contributed by atoms with Crippen molar-refractivity contribution in [3.63, 3.8) is 0 Å². The molecule has 0 bridgehead atoms. The molecule has 2 aromatic rings. The summed E-state index contributed by atoms with van der Waals surface area (Å²) in [5.41, 5.74) is 0.701. The van der Waals surface area contributed by atoms with Crippen LogP contribution in [-0.4, -0.2) is 19.6 Å². The van der Waals surface area contributed by atoms with Crippen molar-refractivity contribution in [1.82, 2.24) is 14.5 Å². The van der Waals surface area contributed by atoms with Crippen LogP contribution in [0.2, 0.25) is 5.02 Å². The van der Waals surface area contributed by atoms with Crippen LogP contribution in [-0.2, 0) is 13.2 Å². The van der Waals surface area contributed by atoms with E-state index in [0.717, 1.165) is 29.4 Å². The lowest BCUT2D eigenvalue weighted by atomic mass is 10.3. The zero-order chi connectivity index (χ0) is 13.7. The molecule has 102 valence electrons. The molecular formula is C13H16ClN3OS. The number of hydrogen-bond donors (Lipinski definition) is 1. The van der Waals surface area contributed by atoms with Crippen molar-refractivity contribution in [3.8, 4) is 0 Å². The van der Waals surface area contributed by atoms with Crippen molar-refractivity contribution in [2.75, 3.05) is 0 Å². The molecule has 0 radical (unpaired) electrons. The predicted molar refractivity (Wildman–Crippen MR) is 76.4 cm³/mol. The standard InChI is InChI=1S/C13H16ClN3OS/c1-2-3-5-17-6-4-16-13(17)19-12-8-15-7-11(14)10(12)9-18/h4,6-8,18H,2-3,5,9H2,1H3. The summed E-state index contributed by atoms with van der Waals surface area (Å²) in [5, 5.41) is 10.8. The number of rotatable bonds is 6. The predicted octanol–water partition coefficient (Wildman–Crippen LogP) is 3.38. The third-order valence-electron chi connectivity index (χ3n) is 2.75. The summed E-state index contributed by atoms with van der Waals surface area (Å²) in [6.45, 7) is 3.01. The molecule has 0 aliphatic carbocycles. The van der Waals surface area contributed by atoms with Gasteiger partial charge in [0.05, 0.1) is 11.6 Å². The van der Waals surface area contributed by atoms with Crippen LogP contribution in [0.1, 0.15) is 25.3 Å². The van der Waals surface area contributed by atoms with Gasteiger partial charge in [-0.15, -0.1) is 0 Å². The molecule has 6 heteroatoms. The van der Waals surface area contributed by atoms with E-state index in [0.29, 0.717) is 10.6 Å². The molecule has 0 atom stereocenters. The first-order chi connectivity index (χ1) is 9.26. The molecule has 0 fully saturated rings.